The van der Waals surface area contributed by atoms with Crippen molar-refractivity contribution in [1.29, 1.82) is 0 Å². The van der Waals surface area contributed by atoms with Crippen molar-refractivity contribution in [2.75, 3.05) is 25.4 Å². The van der Waals surface area contributed by atoms with E-state index in [0.717, 1.165) is 32.4 Å². The van der Waals surface area contributed by atoms with Crippen LogP contribution >= 0.6 is 0 Å². The number of rotatable bonds is 7. The summed E-state index contributed by atoms with van der Waals surface area (Å²) in [4.78, 5) is 2.30. The first kappa shape index (κ1) is 16.9. The van der Waals surface area contributed by atoms with Crippen molar-refractivity contribution in [3.05, 3.63) is 0 Å². The number of hydrogen-bond acceptors (Lipinski definition) is 4. The molecular weight excluding hydrogens is 264 g/mol. The number of hydrogen-bond donors (Lipinski definition) is 2. The number of nitrogens with one attached hydrogen (secondary N) is 1. The van der Waals surface area contributed by atoms with Gasteiger partial charge in [-0.15, -0.1) is 0 Å². The molecule has 1 fully saturated rings. The molecule has 114 valence electrons. The Morgan fingerprint density at radius 2 is 2.16 bits per heavy atom. The van der Waals surface area contributed by atoms with Crippen LogP contribution in [0.3, 0.4) is 0 Å². The maximum absolute atomic E-state index is 11.3. The first-order chi connectivity index (χ1) is 8.85. The normalized spacial score (nSPS) is 27.4. The number of sulfonamides is 1. The maximum Gasteiger partial charge on any atom is 0.211 e. The minimum absolute atomic E-state index is 0.129. The van der Waals surface area contributed by atoms with Gasteiger partial charge in [-0.3, -0.25) is 4.90 Å². The van der Waals surface area contributed by atoms with Crippen LogP contribution in [0.2, 0.25) is 0 Å². The highest BCUT2D eigenvalue weighted by Gasteiger charge is 2.29. The van der Waals surface area contributed by atoms with Crippen molar-refractivity contribution in [2.45, 2.75) is 52.2 Å². The largest absolute Gasteiger partial charge is 0.392 e. The van der Waals surface area contributed by atoms with E-state index in [9.17, 15) is 13.5 Å². The second-order valence-electron chi connectivity index (χ2n) is 5.62. The van der Waals surface area contributed by atoms with E-state index in [2.05, 4.69) is 16.5 Å². The summed E-state index contributed by atoms with van der Waals surface area (Å²) in [7, 11) is -3.08. The van der Waals surface area contributed by atoms with Crippen molar-refractivity contribution in [3.8, 4) is 0 Å². The summed E-state index contributed by atoms with van der Waals surface area (Å²) in [5, 5.41) is 9.84. The molecule has 1 aliphatic rings. The van der Waals surface area contributed by atoms with Crippen LogP contribution in [-0.2, 0) is 10.0 Å². The molecule has 0 aromatic heterocycles. The predicted octanol–water partition coefficient (Wildman–Crippen LogP) is 0.797. The summed E-state index contributed by atoms with van der Waals surface area (Å²) >= 11 is 0. The fourth-order valence-electron chi connectivity index (χ4n) is 2.62. The third-order valence-electron chi connectivity index (χ3n) is 3.90. The Bertz CT molecular complexity index is 357. The zero-order valence-electron chi connectivity index (χ0n) is 12.3. The molecular formula is C13H28N2O3S. The molecule has 6 heteroatoms. The monoisotopic (exact) mass is 292 g/mol. The van der Waals surface area contributed by atoms with Crippen LogP contribution in [0.5, 0.6) is 0 Å². The van der Waals surface area contributed by atoms with Crippen molar-refractivity contribution in [1.82, 2.24) is 9.62 Å². The molecule has 3 atom stereocenters. The molecule has 0 amide bonds. The number of likely N-dealkylation sites (tertiary alicyclic amines) is 1. The predicted molar refractivity (Wildman–Crippen MR) is 77.5 cm³/mol. The third kappa shape index (κ3) is 5.77. The Balaban J connectivity index is 2.35. The molecule has 0 unspecified atom stereocenters. The van der Waals surface area contributed by atoms with Gasteiger partial charge in [0, 0.05) is 12.6 Å². The van der Waals surface area contributed by atoms with Gasteiger partial charge < -0.3 is 5.11 Å². The van der Waals surface area contributed by atoms with E-state index in [-0.39, 0.29) is 17.9 Å². The van der Waals surface area contributed by atoms with E-state index in [0.29, 0.717) is 12.5 Å². The zero-order valence-corrected chi connectivity index (χ0v) is 13.1. The van der Waals surface area contributed by atoms with Crippen LogP contribution in [-0.4, -0.2) is 56.0 Å². The zero-order chi connectivity index (χ0) is 14.5. The molecule has 0 saturated carbocycles. The number of piperidine rings is 1. The molecule has 1 heterocycles. The van der Waals surface area contributed by atoms with Crippen molar-refractivity contribution in [2.24, 2.45) is 5.92 Å². The van der Waals surface area contributed by atoms with E-state index in [1.165, 1.54) is 0 Å². The lowest BCUT2D eigenvalue weighted by atomic mass is 9.90. The van der Waals surface area contributed by atoms with Gasteiger partial charge in [-0.25, -0.2) is 13.1 Å². The van der Waals surface area contributed by atoms with E-state index in [1.807, 2.05) is 6.92 Å². The quantitative estimate of drug-likeness (QED) is 0.681. The van der Waals surface area contributed by atoms with Crippen LogP contribution < -0.4 is 4.72 Å². The smallest absolute Gasteiger partial charge is 0.211 e. The second-order valence-corrected chi connectivity index (χ2v) is 7.72. The molecule has 1 rings (SSSR count). The first-order valence-electron chi connectivity index (χ1n) is 7.25. The van der Waals surface area contributed by atoms with Gasteiger partial charge in [0.15, 0.2) is 0 Å². The summed E-state index contributed by atoms with van der Waals surface area (Å²) in [6.07, 6.45) is 2.65. The molecule has 1 saturated heterocycles. The van der Waals surface area contributed by atoms with E-state index < -0.39 is 10.0 Å². The van der Waals surface area contributed by atoms with Crippen LogP contribution in [0, 0.1) is 5.92 Å². The average molecular weight is 292 g/mol. The van der Waals surface area contributed by atoms with Crippen LogP contribution in [0.15, 0.2) is 0 Å². The Labute approximate surface area is 117 Å². The first-order valence-corrected chi connectivity index (χ1v) is 8.90. The third-order valence-corrected chi connectivity index (χ3v) is 5.31. The molecule has 0 aliphatic carbocycles. The fourth-order valence-corrected chi connectivity index (χ4v) is 3.28. The average Bonchev–Trinajstić information content (AvgIpc) is 2.36. The minimum atomic E-state index is -3.08. The topological polar surface area (TPSA) is 69.6 Å². The summed E-state index contributed by atoms with van der Waals surface area (Å²) < 4.78 is 25.2. The second kappa shape index (κ2) is 7.57. The molecule has 0 aromatic carbocycles. The van der Waals surface area contributed by atoms with Crippen LogP contribution in [0.4, 0.5) is 0 Å². The number of aliphatic hydroxyl groups excluding tert-OH is 1. The van der Waals surface area contributed by atoms with Gasteiger partial charge in [0.05, 0.1) is 11.9 Å². The Morgan fingerprint density at radius 1 is 1.47 bits per heavy atom. The minimum Gasteiger partial charge on any atom is -0.392 e. The van der Waals surface area contributed by atoms with E-state index in [4.69, 9.17) is 0 Å². The van der Waals surface area contributed by atoms with Crippen molar-refractivity contribution in [3.63, 3.8) is 0 Å². The molecule has 0 bridgehead atoms. The fraction of sp³-hybridized carbons (Fsp3) is 1.00. The lowest BCUT2D eigenvalue weighted by Crippen LogP contribution is -2.48. The SMILES string of the molecule is CCS(=O)(=O)NCCCN1CC[C@H](C)C[C@@H]1[C@H](C)O. The summed E-state index contributed by atoms with van der Waals surface area (Å²) in [5.74, 6) is 0.791. The summed E-state index contributed by atoms with van der Waals surface area (Å²) in [6, 6.07) is 0.214. The number of aliphatic hydroxyl groups is 1. The highest BCUT2D eigenvalue weighted by atomic mass is 32.2. The summed E-state index contributed by atoms with van der Waals surface area (Å²) in [6.45, 7) is 8.02. The molecule has 19 heavy (non-hydrogen) atoms. The maximum atomic E-state index is 11.3. The van der Waals surface area contributed by atoms with Gasteiger partial charge in [-0.1, -0.05) is 6.92 Å². The standard InChI is InChI=1S/C13H28N2O3S/c1-4-19(17,18)14-7-5-8-15-9-6-11(2)10-13(15)12(3)16/h11-14,16H,4-10H2,1-3H3/t11-,12-,13+/m0/s1. The van der Waals surface area contributed by atoms with Gasteiger partial charge in [-0.2, -0.15) is 0 Å². The Kier molecular flexibility index (Phi) is 6.73. The molecule has 1 aliphatic heterocycles. The highest BCUT2D eigenvalue weighted by Crippen LogP contribution is 2.24. The molecule has 0 spiro atoms. The van der Waals surface area contributed by atoms with Crippen LogP contribution in [0.25, 0.3) is 0 Å². The lowest BCUT2D eigenvalue weighted by Gasteiger charge is -2.40. The van der Waals surface area contributed by atoms with Gasteiger partial charge in [0.25, 0.3) is 0 Å². The molecule has 0 aromatic rings. The molecule has 0 radical (unpaired) electrons. The van der Waals surface area contributed by atoms with Gasteiger partial charge in [0.1, 0.15) is 0 Å². The molecule has 5 nitrogen and oxygen atoms in total. The van der Waals surface area contributed by atoms with Crippen molar-refractivity contribution < 1.29 is 13.5 Å². The Hall–Kier alpha value is -0.170. The lowest BCUT2D eigenvalue weighted by molar-refractivity contribution is 0.0208. The van der Waals surface area contributed by atoms with Gasteiger partial charge >= 0.3 is 0 Å². The van der Waals surface area contributed by atoms with E-state index in [1.54, 1.807) is 6.92 Å². The molecule has 2 N–H and O–H groups in total. The van der Waals surface area contributed by atoms with Gasteiger partial charge in [0.2, 0.25) is 10.0 Å². The summed E-state index contributed by atoms with van der Waals surface area (Å²) in [5.41, 5.74) is 0. The van der Waals surface area contributed by atoms with Crippen molar-refractivity contribution >= 4 is 10.0 Å². The van der Waals surface area contributed by atoms with Gasteiger partial charge in [-0.05, 0) is 52.1 Å². The van der Waals surface area contributed by atoms with Crippen LogP contribution in [0.1, 0.15) is 40.0 Å². The Morgan fingerprint density at radius 3 is 2.74 bits per heavy atom. The number of nitrogens with zero attached hydrogens (tertiary/aromatic N) is 1. The highest BCUT2D eigenvalue weighted by molar-refractivity contribution is 7.89. The van der Waals surface area contributed by atoms with E-state index >= 15 is 0 Å².